The number of aromatic hydroxyl groups is 1. The van der Waals surface area contributed by atoms with Crippen LogP contribution in [0.4, 0.5) is 4.39 Å². The summed E-state index contributed by atoms with van der Waals surface area (Å²) in [5, 5.41) is 24.4. The van der Waals surface area contributed by atoms with Crippen LogP contribution in [0.2, 0.25) is 0 Å². The summed E-state index contributed by atoms with van der Waals surface area (Å²) in [6.45, 7) is 1.61. The van der Waals surface area contributed by atoms with E-state index in [9.17, 15) is 14.3 Å². The zero-order valence-electron chi connectivity index (χ0n) is 8.86. The van der Waals surface area contributed by atoms with Crippen molar-refractivity contribution in [2.75, 3.05) is 0 Å². The lowest BCUT2D eigenvalue weighted by Crippen LogP contribution is -1.95. The van der Waals surface area contributed by atoms with Crippen molar-refractivity contribution >= 4 is 5.97 Å². The maximum absolute atomic E-state index is 13.6. The molecular formula is C11H9FN2O3. The van der Waals surface area contributed by atoms with Gasteiger partial charge in [0.05, 0.1) is 11.3 Å². The second kappa shape index (κ2) is 3.89. The van der Waals surface area contributed by atoms with Gasteiger partial charge in [0.1, 0.15) is 17.3 Å². The fourth-order valence-corrected chi connectivity index (χ4v) is 1.47. The van der Waals surface area contributed by atoms with Gasteiger partial charge in [-0.25, -0.2) is 9.18 Å². The van der Waals surface area contributed by atoms with Crippen LogP contribution in [0.1, 0.15) is 16.1 Å². The van der Waals surface area contributed by atoms with Crippen LogP contribution in [0.15, 0.2) is 18.2 Å². The van der Waals surface area contributed by atoms with Gasteiger partial charge in [-0.1, -0.05) is 6.07 Å². The summed E-state index contributed by atoms with van der Waals surface area (Å²) in [7, 11) is 0. The number of nitrogens with zero attached hydrogens (tertiary/aromatic N) is 1. The quantitative estimate of drug-likeness (QED) is 0.743. The first-order chi connectivity index (χ1) is 8.00. The van der Waals surface area contributed by atoms with Gasteiger partial charge in [0, 0.05) is 0 Å². The number of aromatic amines is 1. The minimum atomic E-state index is -1.20. The van der Waals surface area contributed by atoms with E-state index in [0.29, 0.717) is 5.56 Å². The Kier molecular flexibility index (Phi) is 2.55. The number of hydrogen-bond donors (Lipinski definition) is 3. The van der Waals surface area contributed by atoms with Gasteiger partial charge >= 0.3 is 5.97 Å². The molecule has 0 fully saturated rings. The van der Waals surface area contributed by atoms with E-state index in [1.807, 2.05) is 0 Å². The Labute approximate surface area is 95.5 Å². The molecule has 0 aliphatic rings. The van der Waals surface area contributed by atoms with Crippen molar-refractivity contribution in [3.8, 4) is 17.0 Å². The van der Waals surface area contributed by atoms with Gasteiger partial charge in [0.25, 0.3) is 0 Å². The van der Waals surface area contributed by atoms with E-state index >= 15 is 0 Å². The lowest BCUT2D eigenvalue weighted by Gasteiger charge is -2.05. The molecule has 0 saturated carbocycles. The third-order valence-corrected chi connectivity index (χ3v) is 2.39. The van der Waals surface area contributed by atoms with E-state index in [4.69, 9.17) is 5.11 Å². The van der Waals surface area contributed by atoms with Gasteiger partial charge in [-0.2, -0.15) is 5.10 Å². The molecule has 2 rings (SSSR count). The molecule has 0 amide bonds. The summed E-state index contributed by atoms with van der Waals surface area (Å²) in [6.07, 6.45) is 0. The van der Waals surface area contributed by atoms with Gasteiger partial charge in [0.15, 0.2) is 0 Å². The second-order valence-corrected chi connectivity index (χ2v) is 3.56. The number of benzene rings is 1. The highest BCUT2D eigenvalue weighted by Gasteiger charge is 2.17. The van der Waals surface area contributed by atoms with Crippen LogP contribution in [0.5, 0.6) is 5.75 Å². The molecule has 0 unspecified atom stereocenters. The third-order valence-electron chi connectivity index (χ3n) is 2.39. The number of halogens is 1. The van der Waals surface area contributed by atoms with Gasteiger partial charge in [-0.15, -0.1) is 0 Å². The van der Waals surface area contributed by atoms with Crippen molar-refractivity contribution in [3.63, 3.8) is 0 Å². The van der Waals surface area contributed by atoms with Crippen molar-refractivity contribution in [2.45, 2.75) is 6.92 Å². The van der Waals surface area contributed by atoms with Crippen LogP contribution in [0.3, 0.4) is 0 Å². The van der Waals surface area contributed by atoms with E-state index in [0.717, 1.165) is 0 Å². The van der Waals surface area contributed by atoms with Crippen molar-refractivity contribution in [1.29, 1.82) is 0 Å². The minimum absolute atomic E-state index is 0.0566. The molecule has 0 aliphatic heterocycles. The van der Waals surface area contributed by atoms with Crippen LogP contribution in [-0.2, 0) is 0 Å². The Morgan fingerprint density at radius 2 is 2.18 bits per heavy atom. The number of phenolic OH excluding ortho intramolecular Hbond substituents is 1. The van der Waals surface area contributed by atoms with Gasteiger partial charge in [-0.3, -0.25) is 5.10 Å². The van der Waals surface area contributed by atoms with E-state index in [2.05, 4.69) is 10.2 Å². The number of hydrogen-bond acceptors (Lipinski definition) is 3. The molecule has 0 spiro atoms. The number of carboxylic acids is 1. The lowest BCUT2D eigenvalue weighted by molar-refractivity contribution is 0.0690. The number of aryl methyl sites for hydroxylation is 1. The number of nitrogens with one attached hydrogen (secondary N) is 1. The van der Waals surface area contributed by atoms with E-state index in [-0.39, 0.29) is 22.7 Å². The third kappa shape index (κ3) is 1.84. The molecule has 2 aromatic rings. The Morgan fingerprint density at radius 3 is 2.76 bits per heavy atom. The first-order valence-electron chi connectivity index (χ1n) is 4.78. The van der Waals surface area contributed by atoms with Crippen LogP contribution in [0.25, 0.3) is 11.3 Å². The molecule has 5 nitrogen and oxygen atoms in total. The fourth-order valence-electron chi connectivity index (χ4n) is 1.47. The first kappa shape index (κ1) is 11.1. The molecule has 0 atom stereocenters. The van der Waals surface area contributed by atoms with E-state index in [1.54, 1.807) is 6.92 Å². The van der Waals surface area contributed by atoms with Crippen LogP contribution in [0, 0.1) is 12.7 Å². The van der Waals surface area contributed by atoms with Crippen LogP contribution in [-0.4, -0.2) is 26.4 Å². The highest BCUT2D eigenvalue weighted by atomic mass is 19.1. The zero-order valence-corrected chi connectivity index (χ0v) is 8.86. The van der Waals surface area contributed by atoms with Gasteiger partial charge < -0.3 is 10.2 Å². The fraction of sp³-hybridized carbons (Fsp3) is 0.0909. The summed E-state index contributed by atoms with van der Waals surface area (Å²) < 4.78 is 13.6. The summed E-state index contributed by atoms with van der Waals surface area (Å²) >= 11 is 0. The topological polar surface area (TPSA) is 86.2 Å². The summed E-state index contributed by atoms with van der Waals surface area (Å²) in [5.41, 5.74) is 0.274. The number of carboxylic acid groups (broad SMARTS) is 1. The largest absolute Gasteiger partial charge is 0.507 e. The second-order valence-electron chi connectivity index (χ2n) is 3.56. The molecule has 1 aromatic heterocycles. The normalized spacial score (nSPS) is 10.5. The van der Waals surface area contributed by atoms with E-state index in [1.165, 1.54) is 18.2 Å². The summed E-state index contributed by atoms with van der Waals surface area (Å²) in [6, 6.07) is 3.79. The molecular weight excluding hydrogens is 227 g/mol. The molecule has 17 heavy (non-hydrogen) atoms. The number of aromatic nitrogens is 2. The predicted molar refractivity (Wildman–Crippen MR) is 57.3 cm³/mol. The number of rotatable bonds is 2. The van der Waals surface area contributed by atoms with Crippen molar-refractivity contribution in [2.24, 2.45) is 0 Å². The van der Waals surface area contributed by atoms with Crippen LogP contribution >= 0.6 is 0 Å². The van der Waals surface area contributed by atoms with Crippen molar-refractivity contribution in [3.05, 3.63) is 35.3 Å². The lowest BCUT2D eigenvalue weighted by atomic mass is 10.1. The van der Waals surface area contributed by atoms with Gasteiger partial charge in [0.2, 0.25) is 0 Å². The standard InChI is InChI=1S/C11H9FN2O3/c1-5-2-3-6(12)9(10(5)15)7-4-8(11(16)17)14-13-7/h2-4,15H,1H3,(H,13,14)(H,16,17). The molecule has 0 saturated heterocycles. The molecule has 0 aliphatic carbocycles. The smallest absolute Gasteiger partial charge is 0.353 e. The van der Waals surface area contributed by atoms with Gasteiger partial charge in [-0.05, 0) is 24.6 Å². The zero-order chi connectivity index (χ0) is 12.6. The molecule has 0 bridgehead atoms. The monoisotopic (exact) mass is 236 g/mol. The Morgan fingerprint density at radius 1 is 1.47 bits per heavy atom. The molecule has 1 aromatic carbocycles. The van der Waals surface area contributed by atoms with Crippen molar-refractivity contribution in [1.82, 2.24) is 10.2 Å². The predicted octanol–water partition coefficient (Wildman–Crippen LogP) is 1.93. The molecule has 3 N–H and O–H groups in total. The maximum Gasteiger partial charge on any atom is 0.353 e. The van der Waals surface area contributed by atoms with Crippen LogP contribution < -0.4 is 0 Å². The highest BCUT2D eigenvalue weighted by molar-refractivity contribution is 5.87. The maximum atomic E-state index is 13.6. The average molecular weight is 236 g/mol. The average Bonchev–Trinajstić information content (AvgIpc) is 2.73. The van der Waals surface area contributed by atoms with Crippen molar-refractivity contribution < 1.29 is 19.4 Å². The Bertz CT molecular complexity index is 592. The number of phenols is 1. The molecule has 1 heterocycles. The minimum Gasteiger partial charge on any atom is -0.507 e. The number of aromatic carboxylic acids is 1. The molecule has 88 valence electrons. The summed E-state index contributed by atoms with van der Waals surface area (Å²) in [4.78, 5) is 10.7. The summed E-state index contributed by atoms with van der Waals surface area (Å²) in [5.74, 6) is -2.10. The highest BCUT2D eigenvalue weighted by Crippen LogP contribution is 2.33. The number of H-pyrrole nitrogens is 1. The molecule has 6 heteroatoms. The Hall–Kier alpha value is -2.37. The molecule has 0 radical (unpaired) electrons. The Balaban J connectivity index is 2.60. The number of carbonyl (C=O) groups is 1. The SMILES string of the molecule is Cc1ccc(F)c(-c2cc(C(=O)O)[nH]n2)c1O. The first-order valence-corrected chi connectivity index (χ1v) is 4.78. The van der Waals surface area contributed by atoms with E-state index < -0.39 is 11.8 Å².